The van der Waals surface area contributed by atoms with Gasteiger partial charge in [0.2, 0.25) is 0 Å². The van der Waals surface area contributed by atoms with E-state index in [0.29, 0.717) is 31.5 Å². The molecule has 6 nitrogen and oxygen atoms in total. The van der Waals surface area contributed by atoms with Crippen LogP contribution < -0.4 is 11.2 Å². The van der Waals surface area contributed by atoms with Crippen LogP contribution in [-0.4, -0.2) is 14.1 Å². The van der Waals surface area contributed by atoms with Crippen molar-refractivity contribution in [1.82, 2.24) is 14.1 Å². The van der Waals surface area contributed by atoms with Gasteiger partial charge in [0.15, 0.2) is 0 Å². The summed E-state index contributed by atoms with van der Waals surface area (Å²) in [4.78, 5) is 31.5. The largest absolute Gasteiger partial charge is 0.336 e. The number of nitriles is 1. The molecule has 0 amide bonds. The summed E-state index contributed by atoms with van der Waals surface area (Å²) < 4.78 is 2.90. The maximum atomic E-state index is 13.4. The van der Waals surface area contributed by atoms with Crippen molar-refractivity contribution in [2.75, 3.05) is 0 Å². The topological polar surface area (TPSA) is 80.7 Å². The second-order valence-electron chi connectivity index (χ2n) is 6.55. The highest BCUT2D eigenvalue weighted by Crippen LogP contribution is 2.35. The van der Waals surface area contributed by atoms with Gasteiger partial charge in [-0.1, -0.05) is 41.4 Å². The lowest BCUT2D eigenvalue weighted by Gasteiger charge is -2.13. The SMILES string of the molecule is Cc1c(Cl)cncc1-n1c(=O)c2sc(-c3ccccc3Cl)cc2n(CCC#N)c1=O. The first-order chi connectivity index (χ1) is 14.4. The number of hydrogen-bond donors (Lipinski definition) is 0. The van der Waals surface area contributed by atoms with E-state index in [1.54, 1.807) is 19.1 Å². The van der Waals surface area contributed by atoms with Crippen molar-refractivity contribution in [3.63, 3.8) is 0 Å². The summed E-state index contributed by atoms with van der Waals surface area (Å²) in [5.41, 5.74) is 1.13. The molecule has 30 heavy (non-hydrogen) atoms. The predicted molar refractivity (Wildman–Crippen MR) is 120 cm³/mol. The second-order valence-corrected chi connectivity index (χ2v) is 8.42. The molecule has 0 saturated heterocycles. The van der Waals surface area contributed by atoms with Crippen LogP contribution in [0.5, 0.6) is 0 Å². The Balaban J connectivity index is 2.09. The minimum absolute atomic E-state index is 0.122. The van der Waals surface area contributed by atoms with Crippen molar-refractivity contribution < 1.29 is 0 Å². The molecule has 0 N–H and O–H groups in total. The smallest absolute Gasteiger partial charge is 0.291 e. The van der Waals surface area contributed by atoms with Gasteiger partial charge in [0.1, 0.15) is 4.70 Å². The van der Waals surface area contributed by atoms with Crippen molar-refractivity contribution in [1.29, 1.82) is 5.26 Å². The number of benzene rings is 1. The van der Waals surface area contributed by atoms with Gasteiger partial charge in [-0.2, -0.15) is 5.26 Å². The Kier molecular flexibility index (Phi) is 5.48. The Hall–Kier alpha value is -2.92. The zero-order valence-electron chi connectivity index (χ0n) is 15.7. The fourth-order valence-electron chi connectivity index (χ4n) is 3.25. The molecular formula is C21H14Cl2N4O2S. The van der Waals surface area contributed by atoms with Crippen molar-refractivity contribution in [3.8, 4) is 22.2 Å². The third kappa shape index (κ3) is 3.33. The maximum Gasteiger partial charge on any atom is 0.336 e. The molecule has 4 rings (SSSR count). The van der Waals surface area contributed by atoms with Gasteiger partial charge in [-0.25, -0.2) is 9.36 Å². The van der Waals surface area contributed by atoms with Crippen LogP contribution in [0.1, 0.15) is 12.0 Å². The van der Waals surface area contributed by atoms with Gasteiger partial charge in [0, 0.05) is 28.2 Å². The average Bonchev–Trinajstić information content (AvgIpc) is 3.17. The fourth-order valence-corrected chi connectivity index (χ4v) is 4.82. The number of thiophene rings is 1. The summed E-state index contributed by atoms with van der Waals surface area (Å²) >= 11 is 13.8. The molecule has 0 aliphatic heterocycles. The molecule has 4 aromatic rings. The van der Waals surface area contributed by atoms with Crippen LogP contribution in [0.25, 0.3) is 26.3 Å². The molecule has 150 valence electrons. The quantitative estimate of drug-likeness (QED) is 0.441. The van der Waals surface area contributed by atoms with Crippen molar-refractivity contribution in [3.05, 3.63) is 79.2 Å². The maximum absolute atomic E-state index is 13.4. The number of aromatic nitrogens is 3. The van der Waals surface area contributed by atoms with Crippen LogP contribution >= 0.6 is 34.5 Å². The van der Waals surface area contributed by atoms with E-state index in [1.165, 1.54) is 28.3 Å². The first-order valence-electron chi connectivity index (χ1n) is 8.95. The van der Waals surface area contributed by atoms with E-state index in [0.717, 1.165) is 15.0 Å². The van der Waals surface area contributed by atoms with Gasteiger partial charge in [-0.3, -0.25) is 14.3 Å². The van der Waals surface area contributed by atoms with E-state index in [1.807, 2.05) is 18.2 Å². The molecule has 0 radical (unpaired) electrons. The van der Waals surface area contributed by atoms with E-state index < -0.39 is 11.2 Å². The number of pyridine rings is 1. The van der Waals surface area contributed by atoms with Crippen LogP contribution in [0, 0.1) is 18.3 Å². The number of aryl methyl sites for hydroxylation is 1. The molecule has 9 heteroatoms. The van der Waals surface area contributed by atoms with Crippen molar-refractivity contribution >= 4 is 44.8 Å². The molecule has 1 aromatic carbocycles. The number of hydrogen-bond acceptors (Lipinski definition) is 5. The number of fused-ring (bicyclic) bond motifs is 1. The first-order valence-corrected chi connectivity index (χ1v) is 10.5. The van der Waals surface area contributed by atoms with Crippen LogP contribution in [0.2, 0.25) is 10.0 Å². The van der Waals surface area contributed by atoms with E-state index in [9.17, 15) is 9.59 Å². The highest BCUT2D eigenvalue weighted by Gasteiger charge is 2.20. The third-order valence-corrected chi connectivity index (χ3v) is 6.63. The molecule has 0 atom stereocenters. The van der Waals surface area contributed by atoms with Gasteiger partial charge in [0.05, 0.1) is 34.9 Å². The van der Waals surface area contributed by atoms with Gasteiger partial charge >= 0.3 is 5.69 Å². The standard InChI is InChI=1S/C21H14Cl2N4O2S/c1-12-15(23)10-25-11-17(12)27-20(28)19-16(26(21(27)29)8-4-7-24)9-18(30-19)13-5-2-3-6-14(13)22/h2-3,5-6,9-11H,4,8H2,1H3. The average molecular weight is 457 g/mol. The summed E-state index contributed by atoms with van der Waals surface area (Å²) in [6.07, 6.45) is 3.02. The van der Waals surface area contributed by atoms with E-state index in [4.69, 9.17) is 28.5 Å². The monoisotopic (exact) mass is 456 g/mol. The van der Waals surface area contributed by atoms with Gasteiger partial charge in [-0.15, -0.1) is 11.3 Å². The summed E-state index contributed by atoms with van der Waals surface area (Å²) in [6.45, 7) is 1.87. The van der Waals surface area contributed by atoms with Gasteiger partial charge < -0.3 is 0 Å². The van der Waals surface area contributed by atoms with E-state index in [-0.39, 0.29) is 13.0 Å². The molecular weight excluding hydrogens is 443 g/mol. The highest BCUT2D eigenvalue weighted by molar-refractivity contribution is 7.22. The van der Waals surface area contributed by atoms with Crippen molar-refractivity contribution in [2.24, 2.45) is 0 Å². The highest BCUT2D eigenvalue weighted by atomic mass is 35.5. The number of rotatable bonds is 4. The van der Waals surface area contributed by atoms with E-state index in [2.05, 4.69) is 11.1 Å². The van der Waals surface area contributed by atoms with Crippen molar-refractivity contribution in [2.45, 2.75) is 19.9 Å². The molecule has 0 fully saturated rings. The second kappa shape index (κ2) is 8.07. The molecule has 3 aromatic heterocycles. The Morgan fingerprint density at radius 3 is 2.67 bits per heavy atom. The fraction of sp³-hybridized carbons (Fsp3) is 0.143. The Labute approximate surface area is 185 Å². The first kappa shape index (κ1) is 20.4. The minimum Gasteiger partial charge on any atom is -0.291 e. The minimum atomic E-state index is -0.543. The lowest BCUT2D eigenvalue weighted by molar-refractivity contribution is 0.661. The van der Waals surface area contributed by atoms with Gasteiger partial charge in [-0.05, 0) is 24.6 Å². The van der Waals surface area contributed by atoms with Crippen LogP contribution in [0.15, 0.2) is 52.3 Å². The number of halogens is 2. The molecule has 0 spiro atoms. The predicted octanol–water partition coefficient (Wildman–Crippen LogP) is 4.80. The van der Waals surface area contributed by atoms with E-state index >= 15 is 0 Å². The Bertz CT molecular complexity index is 1450. The normalized spacial score (nSPS) is 11.0. The molecule has 0 saturated carbocycles. The molecule has 0 bridgehead atoms. The summed E-state index contributed by atoms with van der Waals surface area (Å²) in [5.74, 6) is 0. The zero-order chi connectivity index (χ0) is 21.4. The summed E-state index contributed by atoms with van der Waals surface area (Å²) in [7, 11) is 0. The lowest BCUT2D eigenvalue weighted by atomic mass is 10.2. The van der Waals surface area contributed by atoms with Gasteiger partial charge in [0.25, 0.3) is 5.56 Å². The lowest BCUT2D eigenvalue weighted by Crippen LogP contribution is -2.39. The van der Waals surface area contributed by atoms with Crippen LogP contribution in [-0.2, 0) is 6.54 Å². The van der Waals surface area contributed by atoms with Crippen LogP contribution in [0.4, 0.5) is 0 Å². The Morgan fingerprint density at radius 1 is 1.17 bits per heavy atom. The summed E-state index contributed by atoms with van der Waals surface area (Å²) in [5, 5.41) is 9.95. The third-order valence-electron chi connectivity index (χ3n) is 4.78. The Morgan fingerprint density at radius 2 is 1.93 bits per heavy atom. The molecule has 0 aliphatic carbocycles. The molecule has 0 unspecified atom stereocenters. The zero-order valence-corrected chi connectivity index (χ0v) is 18.1. The summed E-state index contributed by atoms with van der Waals surface area (Å²) in [6, 6.07) is 11.1. The molecule has 0 aliphatic rings. The number of nitrogens with zero attached hydrogens (tertiary/aromatic N) is 4. The van der Waals surface area contributed by atoms with Crippen LogP contribution in [0.3, 0.4) is 0 Å². The molecule has 3 heterocycles.